The Morgan fingerprint density at radius 3 is 2.39 bits per heavy atom. The third kappa shape index (κ3) is 7.48. The molecule has 2 rings (SSSR count). The third-order valence-corrected chi connectivity index (χ3v) is 4.64. The highest BCUT2D eigenvalue weighted by Crippen LogP contribution is 2.21. The van der Waals surface area contributed by atoms with Gasteiger partial charge in [0.05, 0.1) is 32.3 Å². The number of carbonyl (C=O) groups is 4. The van der Waals surface area contributed by atoms with Crippen molar-refractivity contribution in [2.75, 3.05) is 26.4 Å². The molecule has 2 saturated heterocycles. The van der Waals surface area contributed by atoms with Gasteiger partial charge >= 0.3 is 5.97 Å². The van der Waals surface area contributed by atoms with Gasteiger partial charge in [-0.05, 0) is 6.92 Å². The Morgan fingerprint density at radius 1 is 1.03 bits per heavy atom. The number of aliphatic hydroxyl groups is 3. The molecule has 0 aliphatic carbocycles. The van der Waals surface area contributed by atoms with Gasteiger partial charge in [0, 0.05) is 25.8 Å². The summed E-state index contributed by atoms with van der Waals surface area (Å²) in [5.41, 5.74) is 0. The second kappa shape index (κ2) is 12.0. The summed E-state index contributed by atoms with van der Waals surface area (Å²) < 4.78 is 15.8. The summed E-state index contributed by atoms with van der Waals surface area (Å²) in [4.78, 5) is 50.6. The zero-order valence-electron chi connectivity index (χ0n) is 17.1. The van der Waals surface area contributed by atoms with E-state index in [0.717, 1.165) is 0 Å². The van der Waals surface area contributed by atoms with Gasteiger partial charge in [0.1, 0.15) is 18.3 Å². The Labute approximate surface area is 178 Å². The first-order chi connectivity index (χ1) is 14.7. The van der Waals surface area contributed by atoms with Crippen LogP contribution in [0.4, 0.5) is 0 Å². The number of amides is 3. The molecule has 0 aromatic rings. The van der Waals surface area contributed by atoms with Crippen LogP contribution in [0.15, 0.2) is 0 Å². The molecule has 2 heterocycles. The van der Waals surface area contributed by atoms with Crippen LogP contribution in [-0.2, 0) is 38.2 Å². The molecule has 13 heteroatoms. The van der Waals surface area contributed by atoms with Gasteiger partial charge in [0.25, 0.3) is 11.8 Å². The Kier molecular flexibility index (Phi) is 9.74. The van der Waals surface area contributed by atoms with Gasteiger partial charge in [-0.3, -0.25) is 14.4 Å². The molecule has 5 atom stereocenters. The van der Waals surface area contributed by atoms with Crippen molar-refractivity contribution in [3.8, 4) is 0 Å². The number of rotatable bonds is 11. The smallest absolute Gasteiger partial charge is 0.333 e. The van der Waals surface area contributed by atoms with Crippen molar-refractivity contribution < 1.29 is 53.5 Å². The van der Waals surface area contributed by atoms with Crippen LogP contribution >= 0.6 is 0 Å². The minimum absolute atomic E-state index is 0.00387. The second-order valence-corrected chi connectivity index (χ2v) is 7.06. The number of hydroxylamine groups is 2. The summed E-state index contributed by atoms with van der Waals surface area (Å²) in [5.74, 6) is -2.46. The van der Waals surface area contributed by atoms with Crippen molar-refractivity contribution in [1.82, 2.24) is 10.4 Å². The highest BCUT2D eigenvalue weighted by molar-refractivity contribution is 6.01. The lowest BCUT2D eigenvalue weighted by atomic mass is 10.0. The topological polar surface area (TPSA) is 181 Å². The lowest BCUT2D eigenvalue weighted by molar-refractivity contribution is -0.294. The minimum Gasteiger partial charge on any atom is -0.388 e. The highest BCUT2D eigenvalue weighted by atomic mass is 16.7. The van der Waals surface area contributed by atoms with Gasteiger partial charge in [-0.1, -0.05) is 0 Å². The Bertz CT molecular complexity index is 642. The zero-order chi connectivity index (χ0) is 23.0. The van der Waals surface area contributed by atoms with E-state index in [1.807, 2.05) is 0 Å². The fraction of sp³-hybridized carbons (Fsp3) is 0.778. The summed E-state index contributed by atoms with van der Waals surface area (Å²) in [6.07, 6.45) is -6.25. The molecule has 4 N–H and O–H groups in total. The van der Waals surface area contributed by atoms with E-state index in [2.05, 4.69) is 10.2 Å². The Hall–Kier alpha value is -2.16. The highest BCUT2D eigenvalue weighted by Gasteiger charge is 2.42. The molecule has 0 aromatic carbocycles. The molecule has 2 aliphatic rings. The standard InChI is InChI=1S/C18H28N2O11/c1-10-15(25)16(26)17(27)18(30-10)29-9-8-28-7-6-19-11(21)2-5-14(24)31-20-12(22)3-4-13(20)23/h10,15-18,25-27H,2-9H2,1H3,(H,19,21)/t10-,15-,16+,17+,18+/m0/s1. The second-order valence-electron chi connectivity index (χ2n) is 7.06. The normalized spacial score (nSPS) is 28.6. The number of hydrogen-bond acceptors (Lipinski definition) is 11. The average Bonchev–Trinajstić information content (AvgIpc) is 3.05. The van der Waals surface area contributed by atoms with E-state index in [9.17, 15) is 34.5 Å². The largest absolute Gasteiger partial charge is 0.388 e. The fourth-order valence-corrected chi connectivity index (χ4v) is 2.85. The third-order valence-electron chi connectivity index (χ3n) is 4.64. The summed E-state index contributed by atoms with van der Waals surface area (Å²) in [6.45, 7) is 2.04. The van der Waals surface area contributed by atoms with Crippen molar-refractivity contribution in [1.29, 1.82) is 0 Å². The molecule has 2 fully saturated rings. The molecule has 13 nitrogen and oxygen atoms in total. The van der Waals surface area contributed by atoms with Gasteiger partial charge in [-0.2, -0.15) is 0 Å². The lowest BCUT2D eigenvalue weighted by Crippen LogP contribution is -2.57. The number of nitrogens with zero attached hydrogens (tertiary/aromatic N) is 1. The molecule has 2 aliphatic heterocycles. The summed E-state index contributed by atoms with van der Waals surface area (Å²) in [5, 5.41) is 32.0. The molecule has 0 radical (unpaired) electrons. The number of aliphatic hydroxyl groups excluding tert-OH is 3. The van der Waals surface area contributed by atoms with E-state index < -0.39 is 54.4 Å². The Balaban J connectivity index is 1.49. The van der Waals surface area contributed by atoms with E-state index in [0.29, 0.717) is 5.06 Å². The maximum Gasteiger partial charge on any atom is 0.333 e. The van der Waals surface area contributed by atoms with Crippen LogP contribution in [0.2, 0.25) is 0 Å². The molecule has 176 valence electrons. The zero-order valence-corrected chi connectivity index (χ0v) is 17.1. The average molecular weight is 448 g/mol. The van der Waals surface area contributed by atoms with Crippen molar-refractivity contribution in [3.63, 3.8) is 0 Å². The molecule has 0 saturated carbocycles. The maximum atomic E-state index is 11.7. The molecule has 0 bridgehead atoms. The summed E-state index contributed by atoms with van der Waals surface area (Å²) in [6, 6.07) is 0. The van der Waals surface area contributed by atoms with Gasteiger partial charge in [-0.15, -0.1) is 5.06 Å². The van der Waals surface area contributed by atoms with Crippen LogP contribution < -0.4 is 5.32 Å². The SMILES string of the molecule is C[C@@H]1O[C@@H](OCCOCCNC(=O)CCC(=O)ON2C(=O)CCC2=O)[C@H](O)[C@H](O)[C@H]1O. The fourth-order valence-electron chi connectivity index (χ4n) is 2.85. The minimum atomic E-state index is -1.39. The Morgan fingerprint density at radius 2 is 1.71 bits per heavy atom. The van der Waals surface area contributed by atoms with Crippen molar-refractivity contribution in [2.45, 2.75) is 63.3 Å². The number of ether oxygens (including phenoxy) is 3. The monoisotopic (exact) mass is 448 g/mol. The molecular formula is C18H28N2O11. The first-order valence-corrected chi connectivity index (χ1v) is 9.93. The molecule has 3 amide bonds. The van der Waals surface area contributed by atoms with Crippen LogP contribution in [-0.4, -0.2) is 101 Å². The van der Waals surface area contributed by atoms with E-state index in [-0.39, 0.29) is 52.0 Å². The van der Waals surface area contributed by atoms with E-state index in [1.165, 1.54) is 0 Å². The quantitative estimate of drug-likeness (QED) is 0.191. The van der Waals surface area contributed by atoms with Gasteiger partial charge in [0.2, 0.25) is 5.91 Å². The number of carbonyl (C=O) groups excluding carboxylic acids is 4. The van der Waals surface area contributed by atoms with Gasteiger partial charge in [0.15, 0.2) is 6.29 Å². The van der Waals surface area contributed by atoms with Crippen molar-refractivity contribution in [2.24, 2.45) is 0 Å². The number of imide groups is 1. The predicted octanol–water partition coefficient (Wildman–Crippen LogP) is -2.65. The maximum absolute atomic E-state index is 11.7. The molecular weight excluding hydrogens is 420 g/mol. The molecule has 0 spiro atoms. The van der Waals surface area contributed by atoms with E-state index in [4.69, 9.17) is 14.2 Å². The van der Waals surface area contributed by atoms with Crippen molar-refractivity contribution in [3.05, 3.63) is 0 Å². The van der Waals surface area contributed by atoms with Gasteiger partial charge < -0.3 is 39.7 Å². The van der Waals surface area contributed by atoms with Crippen LogP contribution in [0.5, 0.6) is 0 Å². The summed E-state index contributed by atoms with van der Waals surface area (Å²) in [7, 11) is 0. The first kappa shape index (κ1) is 25.1. The molecule has 0 unspecified atom stereocenters. The first-order valence-electron chi connectivity index (χ1n) is 9.93. The van der Waals surface area contributed by atoms with E-state index in [1.54, 1.807) is 6.92 Å². The number of nitrogens with one attached hydrogen (secondary N) is 1. The molecule has 0 aromatic heterocycles. The van der Waals surface area contributed by atoms with Crippen LogP contribution in [0.25, 0.3) is 0 Å². The van der Waals surface area contributed by atoms with Crippen LogP contribution in [0.3, 0.4) is 0 Å². The summed E-state index contributed by atoms with van der Waals surface area (Å²) >= 11 is 0. The van der Waals surface area contributed by atoms with Crippen molar-refractivity contribution >= 4 is 23.7 Å². The van der Waals surface area contributed by atoms with Crippen LogP contribution in [0, 0.1) is 0 Å². The number of hydrogen-bond donors (Lipinski definition) is 4. The van der Waals surface area contributed by atoms with E-state index >= 15 is 0 Å². The molecule has 31 heavy (non-hydrogen) atoms. The lowest BCUT2D eigenvalue weighted by Gasteiger charge is -2.38. The van der Waals surface area contributed by atoms with Gasteiger partial charge in [-0.25, -0.2) is 4.79 Å². The predicted molar refractivity (Wildman–Crippen MR) is 98.5 cm³/mol. The van der Waals surface area contributed by atoms with Crippen LogP contribution in [0.1, 0.15) is 32.6 Å².